The van der Waals surface area contributed by atoms with Gasteiger partial charge in [-0.15, -0.1) is 0 Å². The van der Waals surface area contributed by atoms with Crippen LogP contribution in [0.2, 0.25) is 0 Å². The zero-order valence-electron chi connectivity index (χ0n) is 11.1. The fourth-order valence-electron chi connectivity index (χ4n) is 1.73. The number of alkyl halides is 3. The fraction of sp³-hybridized carbons (Fsp3) is 0.143. The molecule has 0 aliphatic carbocycles. The molecule has 0 aliphatic heterocycles. The minimum Gasteiger partial charge on any atom is -0.207 e. The van der Waals surface area contributed by atoms with E-state index in [9.17, 15) is 26.0 Å². The van der Waals surface area contributed by atoms with Crippen molar-refractivity contribution in [1.29, 1.82) is 0 Å². The van der Waals surface area contributed by atoms with Gasteiger partial charge in [-0.05, 0) is 42.0 Å². The van der Waals surface area contributed by atoms with E-state index in [1.54, 1.807) is 0 Å². The highest BCUT2D eigenvalue weighted by Gasteiger charge is 2.30. The van der Waals surface area contributed by atoms with Crippen LogP contribution in [0.1, 0.15) is 11.1 Å². The molecule has 0 unspecified atom stereocenters. The van der Waals surface area contributed by atoms with E-state index in [1.807, 2.05) is 0 Å². The molecular weight excluding hydrogens is 322 g/mol. The van der Waals surface area contributed by atoms with Gasteiger partial charge in [-0.25, -0.2) is 17.5 Å². The van der Waals surface area contributed by atoms with Crippen LogP contribution in [0.4, 0.5) is 17.6 Å². The molecule has 2 aromatic rings. The molecule has 0 atom stereocenters. The number of benzene rings is 2. The number of hydrogen-bond donors (Lipinski definition) is 1. The summed E-state index contributed by atoms with van der Waals surface area (Å²) in [6.07, 6.45) is -4.53. The number of hydrogen-bond acceptors (Lipinski definition) is 2. The van der Waals surface area contributed by atoms with Gasteiger partial charge in [0.1, 0.15) is 5.82 Å². The summed E-state index contributed by atoms with van der Waals surface area (Å²) >= 11 is 0. The molecule has 118 valence electrons. The van der Waals surface area contributed by atoms with Crippen LogP contribution in [0.3, 0.4) is 0 Å². The van der Waals surface area contributed by atoms with Crippen molar-refractivity contribution in [3.8, 4) is 0 Å². The molecule has 0 spiro atoms. The molecule has 0 aromatic heterocycles. The first-order chi connectivity index (χ1) is 10.2. The highest BCUT2D eigenvalue weighted by Crippen LogP contribution is 2.29. The largest absolute Gasteiger partial charge is 0.416 e. The smallest absolute Gasteiger partial charge is 0.207 e. The van der Waals surface area contributed by atoms with Crippen molar-refractivity contribution in [3.63, 3.8) is 0 Å². The average Bonchev–Trinajstić information content (AvgIpc) is 2.45. The van der Waals surface area contributed by atoms with E-state index in [0.717, 1.165) is 18.2 Å². The molecule has 8 heteroatoms. The summed E-state index contributed by atoms with van der Waals surface area (Å²) in [5, 5.41) is 0. The summed E-state index contributed by atoms with van der Waals surface area (Å²) in [5.41, 5.74) is -0.535. The number of sulfonamides is 1. The molecule has 0 saturated heterocycles. The molecule has 22 heavy (non-hydrogen) atoms. The zero-order chi connectivity index (χ0) is 16.4. The highest BCUT2D eigenvalue weighted by molar-refractivity contribution is 7.89. The first kappa shape index (κ1) is 16.4. The maximum atomic E-state index is 13.0. The molecule has 0 bridgehead atoms. The molecule has 2 rings (SSSR count). The third-order valence-corrected chi connectivity index (χ3v) is 4.26. The molecule has 0 radical (unpaired) electrons. The lowest BCUT2D eigenvalue weighted by Crippen LogP contribution is -2.23. The second-order valence-electron chi connectivity index (χ2n) is 4.48. The van der Waals surface area contributed by atoms with E-state index in [0.29, 0.717) is 17.7 Å². The molecular formula is C14H11F4NO2S. The predicted molar refractivity (Wildman–Crippen MR) is 71.9 cm³/mol. The Hall–Kier alpha value is -1.93. The quantitative estimate of drug-likeness (QED) is 0.873. The van der Waals surface area contributed by atoms with E-state index >= 15 is 0 Å². The second kappa shape index (κ2) is 6.05. The second-order valence-corrected chi connectivity index (χ2v) is 6.24. The Labute approximate surface area is 124 Å². The van der Waals surface area contributed by atoms with Gasteiger partial charge in [0.15, 0.2) is 0 Å². The lowest BCUT2D eigenvalue weighted by atomic mass is 10.2. The van der Waals surface area contributed by atoms with Gasteiger partial charge in [0.25, 0.3) is 0 Å². The van der Waals surface area contributed by atoms with Crippen molar-refractivity contribution in [2.24, 2.45) is 0 Å². The van der Waals surface area contributed by atoms with E-state index in [-0.39, 0.29) is 11.4 Å². The summed E-state index contributed by atoms with van der Waals surface area (Å²) in [7, 11) is -3.97. The molecule has 0 heterocycles. The van der Waals surface area contributed by atoms with Gasteiger partial charge in [-0.2, -0.15) is 13.2 Å². The monoisotopic (exact) mass is 333 g/mol. The molecule has 1 N–H and O–H groups in total. The highest BCUT2D eigenvalue weighted by atomic mass is 32.2. The van der Waals surface area contributed by atoms with Gasteiger partial charge in [-0.1, -0.05) is 12.1 Å². The summed E-state index contributed by atoms with van der Waals surface area (Å²) in [6, 6.07) is 8.46. The molecule has 0 saturated carbocycles. The van der Waals surface area contributed by atoms with Crippen molar-refractivity contribution in [2.75, 3.05) is 0 Å². The normalized spacial score (nSPS) is 12.4. The molecule has 0 fully saturated rings. The van der Waals surface area contributed by atoms with Crippen molar-refractivity contribution >= 4 is 10.0 Å². The number of halogens is 4. The standard InChI is InChI=1S/C14H11F4NO2S/c15-12-3-1-2-10(8-12)9-19-22(20,21)13-6-4-11(5-7-13)14(16,17)18/h1-8,19H,9H2. The third kappa shape index (κ3) is 4.05. The van der Waals surface area contributed by atoms with Crippen LogP contribution in [0.5, 0.6) is 0 Å². The summed E-state index contributed by atoms with van der Waals surface area (Å²) < 4.78 is 76.4. The molecule has 2 aromatic carbocycles. The van der Waals surface area contributed by atoms with Gasteiger partial charge in [0.05, 0.1) is 10.5 Å². The third-order valence-electron chi connectivity index (χ3n) is 2.85. The topological polar surface area (TPSA) is 46.2 Å². The van der Waals surface area contributed by atoms with Crippen LogP contribution < -0.4 is 4.72 Å². The first-order valence-electron chi connectivity index (χ1n) is 6.10. The average molecular weight is 333 g/mol. The van der Waals surface area contributed by atoms with Gasteiger partial charge in [0.2, 0.25) is 10.0 Å². The van der Waals surface area contributed by atoms with E-state index < -0.39 is 27.6 Å². The van der Waals surface area contributed by atoms with Crippen LogP contribution in [0, 0.1) is 5.82 Å². The zero-order valence-corrected chi connectivity index (χ0v) is 11.9. The van der Waals surface area contributed by atoms with E-state index in [2.05, 4.69) is 4.72 Å². The van der Waals surface area contributed by atoms with E-state index in [4.69, 9.17) is 0 Å². The maximum absolute atomic E-state index is 13.0. The lowest BCUT2D eigenvalue weighted by Gasteiger charge is -2.09. The van der Waals surface area contributed by atoms with Gasteiger partial charge < -0.3 is 0 Å². The van der Waals surface area contributed by atoms with Crippen LogP contribution in [0.15, 0.2) is 53.4 Å². The van der Waals surface area contributed by atoms with Gasteiger partial charge >= 0.3 is 6.18 Å². The molecule has 0 amide bonds. The van der Waals surface area contributed by atoms with Crippen LogP contribution in [-0.4, -0.2) is 8.42 Å². The van der Waals surface area contributed by atoms with Crippen LogP contribution in [0.25, 0.3) is 0 Å². The Bertz CT molecular complexity index is 755. The van der Waals surface area contributed by atoms with Crippen LogP contribution >= 0.6 is 0 Å². The van der Waals surface area contributed by atoms with Crippen molar-refractivity contribution in [1.82, 2.24) is 4.72 Å². The lowest BCUT2D eigenvalue weighted by molar-refractivity contribution is -0.137. The van der Waals surface area contributed by atoms with E-state index in [1.165, 1.54) is 18.2 Å². The molecule has 3 nitrogen and oxygen atoms in total. The fourth-order valence-corrected chi connectivity index (χ4v) is 2.75. The van der Waals surface area contributed by atoms with Gasteiger partial charge in [0, 0.05) is 6.54 Å². The number of nitrogens with one attached hydrogen (secondary N) is 1. The van der Waals surface area contributed by atoms with Crippen molar-refractivity contribution in [2.45, 2.75) is 17.6 Å². The SMILES string of the molecule is O=S(=O)(NCc1cccc(F)c1)c1ccc(C(F)(F)F)cc1. The first-order valence-corrected chi connectivity index (χ1v) is 7.58. The summed E-state index contributed by atoms with van der Waals surface area (Å²) in [5.74, 6) is -0.508. The Morgan fingerprint density at radius 3 is 2.18 bits per heavy atom. The van der Waals surface area contributed by atoms with Gasteiger partial charge in [-0.3, -0.25) is 0 Å². The summed E-state index contributed by atoms with van der Waals surface area (Å²) in [4.78, 5) is -0.295. The van der Waals surface area contributed by atoms with Crippen molar-refractivity contribution in [3.05, 3.63) is 65.5 Å². The number of rotatable bonds is 4. The summed E-state index contributed by atoms with van der Waals surface area (Å²) in [6.45, 7) is -0.166. The minimum absolute atomic E-state index is 0.166. The Balaban J connectivity index is 2.13. The minimum atomic E-state index is -4.53. The van der Waals surface area contributed by atoms with Crippen LogP contribution in [-0.2, 0) is 22.7 Å². The van der Waals surface area contributed by atoms with Crippen molar-refractivity contribution < 1.29 is 26.0 Å². The Morgan fingerprint density at radius 1 is 1.00 bits per heavy atom. The predicted octanol–water partition coefficient (Wildman–Crippen LogP) is 3.32. The Kier molecular flexibility index (Phi) is 4.52. The molecule has 0 aliphatic rings. The Morgan fingerprint density at radius 2 is 1.64 bits per heavy atom. The maximum Gasteiger partial charge on any atom is 0.416 e.